The van der Waals surface area contributed by atoms with E-state index in [0.717, 1.165) is 27.1 Å². The highest BCUT2D eigenvalue weighted by Gasteiger charge is 2.07. The van der Waals surface area contributed by atoms with Crippen LogP contribution in [0.4, 0.5) is 0 Å². The topological polar surface area (TPSA) is 23.8 Å². The van der Waals surface area contributed by atoms with Gasteiger partial charge in [0.25, 0.3) is 0 Å². The first-order valence-electron chi connectivity index (χ1n) is 6.57. The molecule has 0 fully saturated rings. The first kappa shape index (κ1) is 14.0. The first-order chi connectivity index (χ1) is 10.3. The number of nitrogens with zero attached hydrogens (tertiary/aromatic N) is 1. The van der Waals surface area contributed by atoms with Crippen molar-refractivity contribution in [1.29, 1.82) is 5.26 Å². The maximum Gasteiger partial charge on any atom is 0.0998 e. The monoisotopic (exact) mass is 309 g/mol. The third-order valence-electron chi connectivity index (χ3n) is 3.35. The van der Waals surface area contributed by atoms with E-state index in [1.807, 2.05) is 54.6 Å². The average molecular weight is 310 g/mol. The summed E-state index contributed by atoms with van der Waals surface area (Å²) in [5.74, 6) is 0.815. The third kappa shape index (κ3) is 2.90. The van der Waals surface area contributed by atoms with Crippen LogP contribution in [0.5, 0.6) is 0 Å². The molecule has 0 aliphatic rings. The number of halogens is 1. The van der Waals surface area contributed by atoms with E-state index < -0.39 is 0 Å². The molecule has 0 aromatic heterocycles. The molecular formula is C18H12ClNS. The summed E-state index contributed by atoms with van der Waals surface area (Å²) in [6.45, 7) is 0. The Morgan fingerprint density at radius 3 is 2.38 bits per heavy atom. The highest BCUT2D eigenvalue weighted by Crippen LogP contribution is 2.33. The number of nitriles is 1. The van der Waals surface area contributed by atoms with E-state index in [0.29, 0.717) is 5.56 Å². The molecule has 0 amide bonds. The molecule has 0 aliphatic heterocycles. The van der Waals surface area contributed by atoms with Gasteiger partial charge in [-0.3, -0.25) is 0 Å². The molecule has 1 nitrogen and oxygen atoms in total. The Morgan fingerprint density at radius 2 is 1.62 bits per heavy atom. The lowest BCUT2D eigenvalue weighted by molar-refractivity contribution is 1.39. The van der Waals surface area contributed by atoms with Gasteiger partial charge in [-0.25, -0.2) is 0 Å². The SMILES string of the molecule is N#Cc1ccc(SCc2ccccc2Cl)c2ccccc12. The van der Waals surface area contributed by atoms with E-state index in [1.165, 1.54) is 4.90 Å². The van der Waals surface area contributed by atoms with Crippen LogP contribution in [0.1, 0.15) is 11.1 Å². The van der Waals surface area contributed by atoms with Crippen molar-refractivity contribution < 1.29 is 0 Å². The third-order valence-corrected chi connectivity index (χ3v) is 4.84. The van der Waals surface area contributed by atoms with Crippen molar-refractivity contribution in [3.63, 3.8) is 0 Å². The van der Waals surface area contributed by atoms with Crippen molar-refractivity contribution >= 4 is 34.1 Å². The summed E-state index contributed by atoms with van der Waals surface area (Å²) in [5.41, 5.74) is 1.84. The molecule has 3 heteroatoms. The van der Waals surface area contributed by atoms with E-state index in [9.17, 15) is 5.26 Å². The van der Waals surface area contributed by atoms with Crippen LogP contribution in [0.15, 0.2) is 65.6 Å². The van der Waals surface area contributed by atoms with Gasteiger partial charge in [-0.15, -0.1) is 11.8 Å². The lowest BCUT2D eigenvalue weighted by Gasteiger charge is -2.08. The smallest absolute Gasteiger partial charge is 0.0998 e. The largest absolute Gasteiger partial charge is 0.192 e. The van der Waals surface area contributed by atoms with Gasteiger partial charge in [0.15, 0.2) is 0 Å². The van der Waals surface area contributed by atoms with Crippen molar-refractivity contribution in [2.75, 3.05) is 0 Å². The molecule has 0 spiro atoms. The van der Waals surface area contributed by atoms with Gasteiger partial charge in [-0.2, -0.15) is 5.26 Å². The van der Waals surface area contributed by atoms with Gasteiger partial charge in [-0.05, 0) is 29.1 Å². The van der Waals surface area contributed by atoms with Crippen LogP contribution < -0.4 is 0 Å². The van der Waals surface area contributed by atoms with Crippen molar-refractivity contribution in [1.82, 2.24) is 0 Å². The molecule has 102 valence electrons. The fraction of sp³-hybridized carbons (Fsp3) is 0.0556. The first-order valence-corrected chi connectivity index (χ1v) is 7.94. The lowest BCUT2D eigenvalue weighted by Crippen LogP contribution is -1.85. The molecule has 0 bridgehead atoms. The molecule has 21 heavy (non-hydrogen) atoms. The number of benzene rings is 3. The molecule has 0 heterocycles. The quantitative estimate of drug-likeness (QED) is 0.583. The molecular weight excluding hydrogens is 298 g/mol. The molecule has 0 radical (unpaired) electrons. The highest BCUT2D eigenvalue weighted by molar-refractivity contribution is 7.98. The summed E-state index contributed by atoms with van der Waals surface area (Å²) in [4.78, 5) is 1.17. The molecule has 3 aromatic carbocycles. The average Bonchev–Trinajstić information content (AvgIpc) is 2.54. The number of thioether (sulfide) groups is 1. The summed E-state index contributed by atoms with van der Waals surface area (Å²) in [6, 6.07) is 22.1. The standard InChI is InChI=1S/C18H12ClNS/c19-17-8-4-1-5-14(17)12-21-18-10-9-13(11-20)15-6-2-3-7-16(15)18/h1-10H,12H2. The van der Waals surface area contributed by atoms with Crippen LogP contribution in [0.3, 0.4) is 0 Å². The molecule has 0 saturated carbocycles. The number of rotatable bonds is 3. The second kappa shape index (κ2) is 6.22. The van der Waals surface area contributed by atoms with Crippen LogP contribution in [0, 0.1) is 11.3 Å². The number of hydrogen-bond acceptors (Lipinski definition) is 2. The molecule has 0 aliphatic carbocycles. The molecule has 3 rings (SSSR count). The van der Waals surface area contributed by atoms with Crippen LogP contribution in [-0.4, -0.2) is 0 Å². The Bertz CT molecular complexity index is 836. The molecule has 0 saturated heterocycles. The van der Waals surface area contributed by atoms with Gasteiger partial charge in [0.1, 0.15) is 0 Å². The predicted octanol–water partition coefficient (Wildman–Crippen LogP) is 5.66. The summed E-state index contributed by atoms with van der Waals surface area (Å²) in [7, 11) is 0. The van der Waals surface area contributed by atoms with E-state index in [-0.39, 0.29) is 0 Å². The van der Waals surface area contributed by atoms with E-state index in [1.54, 1.807) is 11.8 Å². The number of fused-ring (bicyclic) bond motifs is 1. The van der Waals surface area contributed by atoms with Crippen molar-refractivity contribution in [2.45, 2.75) is 10.6 Å². The Labute approximate surface area is 133 Å². The molecule has 0 N–H and O–H groups in total. The van der Waals surface area contributed by atoms with E-state index >= 15 is 0 Å². The minimum atomic E-state index is 0.715. The predicted molar refractivity (Wildman–Crippen MR) is 89.7 cm³/mol. The van der Waals surface area contributed by atoms with Gasteiger partial charge < -0.3 is 0 Å². The second-order valence-electron chi connectivity index (χ2n) is 4.65. The zero-order chi connectivity index (χ0) is 14.7. The normalized spacial score (nSPS) is 10.5. The zero-order valence-corrected chi connectivity index (χ0v) is 12.8. The Morgan fingerprint density at radius 1 is 0.905 bits per heavy atom. The van der Waals surface area contributed by atoms with Gasteiger partial charge in [0.05, 0.1) is 11.6 Å². The Kier molecular flexibility index (Phi) is 4.15. The summed E-state index contributed by atoms with van der Waals surface area (Å²) in [6.07, 6.45) is 0. The minimum absolute atomic E-state index is 0.715. The fourth-order valence-electron chi connectivity index (χ4n) is 2.27. The Balaban J connectivity index is 1.95. The summed E-state index contributed by atoms with van der Waals surface area (Å²) < 4.78 is 0. The minimum Gasteiger partial charge on any atom is -0.192 e. The van der Waals surface area contributed by atoms with Gasteiger partial charge in [-0.1, -0.05) is 54.1 Å². The second-order valence-corrected chi connectivity index (χ2v) is 6.07. The molecule has 0 atom stereocenters. The van der Waals surface area contributed by atoms with E-state index in [4.69, 9.17) is 11.6 Å². The number of hydrogen-bond donors (Lipinski definition) is 0. The van der Waals surface area contributed by atoms with Crippen molar-refractivity contribution in [2.24, 2.45) is 0 Å². The van der Waals surface area contributed by atoms with Gasteiger partial charge in [0, 0.05) is 21.1 Å². The summed E-state index contributed by atoms with van der Waals surface area (Å²) in [5, 5.41) is 12.1. The zero-order valence-electron chi connectivity index (χ0n) is 11.2. The van der Waals surface area contributed by atoms with Crippen molar-refractivity contribution in [3.05, 3.63) is 76.8 Å². The van der Waals surface area contributed by atoms with E-state index in [2.05, 4.69) is 12.1 Å². The maximum atomic E-state index is 9.20. The van der Waals surface area contributed by atoms with Crippen LogP contribution in [0.25, 0.3) is 10.8 Å². The molecule has 0 unspecified atom stereocenters. The molecule has 3 aromatic rings. The van der Waals surface area contributed by atoms with Crippen LogP contribution in [-0.2, 0) is 5.75 Å². The van der Waals surface area contributed by atoms with Gasteiger partial charge >= 0.3 is 0 Å². The highest BCUT2D eigenvalue weighted by atomic mass is 35.5. The Hall–Kier alpha value is -1.95. The van der Waals surface area contributed by atoms with Crippen molar-refractivity contribution in [3.8, 4) is 6.07 Å². The lowest BCUT2D eigenvalue weighted by atomic mass is 10.1. The summed E-state index contributed by atoms with van der Waals surface area (Å²) >= 11 is 7.94. The fourth-order valence-corrected chi connectivity index (χ4v) is 3.61. The maximum absolute atomic E-state index is 9.20. The van der Waals surface area contributed by atoms with Gasteiger partial charge in [0.2, 0.25) is 0 Å². The van der Waals surface area contributed by atoms with Crippen LogP contribution in [0.2, 0.25) is 5.02 Å². The van der Waals surface area contributed by atoms with Crippen LogP contribution >= 0.6 is 23.4 Å².